The molecule has 1 saturated carbocycles. The molecular formula is C12H19NS2. The molecule has 1 aromatic rings. The maximum absolute atomic E-state index is 4.50. The van der Waals surface area contributed by atoms with Crippen molar-refractivity contribution in [2.75, 3.05) is 0 Å². The molecule has 0 saturated heterocycles. The summed E-state index contributed by atoms with van der Waals surface area (Å²) in [5.41, 5.74) is 0. The first-order chi connectivity index (χ1) is 7.25. The highest BCUT2D eigenvalue weighted by atomic mass is 32.2. The number of nitrogens with zero attached hydrogens (tertiary/aromatic N) is 1. The summed E-state index contributed by atoms with van der Waals surface area (Å²) in [5, 5.41) is 2.23. The molecule has 1 aliphatic carbocycles. The van der Waals surface area contributed by atoms with E-state index in [2.05, 4.69) is 36.8 Å². The molecule has 1 aromatic heterocycles. The summed E-state index contributed by atoms with van der Waals surface area (Å²) in [6.07, 6.45) is 7.78. The van der Waals surface area contributed by atoms with Crippen molar-refractivity contribution in [1.29, 1.82) is 0 Å². The zero-order valence-corrected chi connectivity index (χ0v) is 11.2. The van der Waals surface area contributed by atoms with E-state index in [0.29, 0.717) is 5.92 Å². The summed E-state index contributed by atoms with van der Waals surface area (Å²) in [4.78, 5) is 5.92. The molecule has 0 bridgehead atoms. The van der Waals surface area contributed by atoms with Crippen LogP contribution in [0.2, 0.25) is 0 Å². The fourth-order valence-electron chi connectivity index (χ4n) is 1.90. The van der Waals surface area contributed by atoms with Gasteiger partial charge >= 0.3 is 0 Å². The molecule has 0 aliphatic heterocycles. The Morgan fingerprint density at radius 2 is 2.20 bits per heavy atom. The van der Waals surface area contributed by atoms with Gasteiger partial charge in [0.25, 0.3) is 0 Å². The molecule has 0 radical (unpaired) electrons. The Morgan fingerprint density at radius 1 is 1.47 bits per heavy atom. The van der Waals surface area contributed by atoms with Gasteiger partial charge < -0.3 is 0 Å². The summed E-state index contributed by atoms with van der Waals surface area (Å²) in [7, 11) is 0. The minimum atomic E-state index is 0.632. The Hall–Kier alpha value is -0.0200. The van der Waals surface area contributed by atoms with Gasteiger partial charge in [0, 0.05) is 22.1 Å². The van der Waals surface area contributed by atoms with Crippen molar-refractivity contribution in [3.8, 4) is 0 Å². The lowest BCUT2D eigenvalue weighted by molar-refractivity contribution is 0.885. The lowest BCUT2D eigenvalue weighted by Crippen LogP contribution is -1.94. The van der Waals surface area contributed by atoms with Crippen LogP contribution in [0.3, 0.4) is 0 Å². The van der Waals surface area contributed by atoms with E-state index in [1.807, 2.05) is 11.3 Å². The molecule has 1 nitrogen and oxygen atoms in total. The zero-order valence-electron chi connectivity index (χ0n) is 9.53. The number of thioether (sulfide) groups is 1. The molecule has 0 aromatic carbocycles. The van der Waals surface area contributed by atoms with E-state index in [1.54, 1.807) is 0 Å². The van der Waals surface area contributed by atoms with Gasteiger partial charge in [0.15, 0.2) is 0 Å². The number of aromatic nitrogens is 1. The fourth-order valence-corrected chi connectivity index (χ4v) is 4.18. The number of hydrogen-bond donors (Lipinski definition) is 0. The third-order valence-corrected chi connectivity index (χ3v) is 5.75. The second-order valence-electron chi connectivity index (χ2n) is 4.53. The van der Waals surface area contributed by atoms with Gasteiger partial charge in [-0.3, -0.25) is 0 Å². The molecule has 1 aliphatic rings. The Morgan fingerprint density at radius 3 is 2.80 bits per heavy atom. The Labute approximate surface area is 101 Å². The molecule has 2 rings (SSSR count). The zero-order chi connectivity index (χ0) is 10.7. The summed E-state index contributed by atoms with van der Waals surface area (Å²) >= 11 is 4.00. The van der Waals surface area contributed by atoms with Gasteiger partial charge in [0.1, 0.15) is 5.01 Å². The second kappa shape index (κ2) is 5.35. The molecule has 0 unspecified atom stereocenters. The van der Waals surface area contributed by atoms with Crippen LogP contribution < -0.4 is 0 Å². The molecule has 15 heavy (non-hydrogen) atoms. The van der Waals surface area contributed by atoms with Crippen molar-refractivity contribution in [3.63, 3.8) is 0 Å². The first kappa shape index (κ1) is 11.5. The van der Waals surface area contributed by atoms with Crippen molar-refractivity contribution >= 4 is 23.1 Å². The molecule has 0 amide bonds. The largest absolute Gasteiger partial charge is 0.249 e. The van der Waals surface area contributed by atoms with Crippen molar-refractivity contribution in [1.82, 2.24) is 4.98 Å². The van der Waals surface area contributed by atoms with Crippen molar-refractivity contribution in [3.05, 3.63) is 16.1 Å². The van der Waals surface area contributed by atoms with Crippen LogP contribution in [0.25, 0.3) is 0 Å². The molecule has 0 spiro atoms. The van der Waals surface area contributed by atoms with Crippen LogP contribution in [-0.4, -0.2) is 10.2 Å². The maximum Gasteiger partial charge on any atom is 0.103 e. The summed E-state index contributed by atoms with van der Waals surface area (Å²) in [6, 6.07) is 0. The topological polar surface area (TPSA) is 12.9 Å². The summed E-state index contributed by atoms with van der Waals surface area (Å²) in [5.74, 6) is 1.76. The molecule has 0 N–H and O–H groups in total. The second-order valence-corrected chi connectivity index (χ2v) is 6.96. The van der Waals surface area contributed by atoms with E-state index in [0.717, 1.165) is 11.0 Å². The van der Waals surface area contributed by atoms with E-state index >= 15 is 0 Å². The maximum atomic E-state index is 4.50. The van der Waals surface area contributed by atoms with E-state index in [-0.39, 0.29) is 0 Å². The van der Waals surface area contributed by atoms with E-state index in [4.69, 9.17) is 0 Å². The molecule has 0 atom stereocenters. The van der Waals surface area contributed by atoms with Gasteiger partial charge in [0.05, 0.1) is 0 Å². The first-order valence-corrected chi connectivity index (χ1v) is 7.68. The highest BCUT2D eigenvalue weighted by molar-refractivity contribution is 7.99. The van der Waals surface area contributed by atoms with Crippen LogP contribution in [0.5, 0.6) is 0 Å². The lowest BCUT2D eigenvalue weighted by Gasteiger charge is -2.05. The standard InChI is InChI=1S/C12H19NS2/c1-9(2)11-7-13-12(15-11)8-14-10-5-3-4-6-10/h7,9-10H,3-6,8H2,1-2H3. The minimum Gasteiger partial charge on any atom is -0.249 e. The molecular weight excluding hydrogens is 222 g/mol. The highest BCUT2D eigenvalue weighted by Gasteiger charge is 2.16. The summed E-state index contributed by atoms with van der Waals surface area (Å²) in [6.45, 7) is 4.48. The van der Waals surface area contributed by atoms with Crippen molar-refractivity contribution in [2.24, 2.45) is 0 Å². The van der Waals surface area contributed by atoms with Crippen LogP contribution in [0.4, 0.5) is 0 Å². The van der Waals surface area contributed by atoms with Crippen LogP contribution >= 0.6 is 23.1 Å². The predicted octanol–water partition coefficient (Wildman–Crippen LogP) is 4.44. The normalized spacial score (nSPS) is 17.8. The summed E-state index contributed by atoms with van der Waals surface area (Å²) < 4.78 is 0. The van der Waals surface area contributed by atoms with E-state index < -0.39 is 0 Å². The monoisotopic (exact) mass is 241 g/mol. The third kappa shape index (κ3) is 3.22. The fraction of sp³-hybridized carbons (Fsp3) is 0.750. The smallest absolute Gasteiger partial charge is 0.103 e. The molecule has 1 fully saturated rings. The van der Waals surface area contributed by atoms with E-state index in [9.17, 15) is 0 Å². The Bertz CT molecular complexity index is 300. The van der Waals surface area contributed by atoms with Gasteiger partial charge in [-0.15, -0.1) is 11.3 Å². The SMILES string of the molecule is CC(C)c1cnc(CSC2CCCC2)s1. The molecule has 84 valence electrons. The third-order valence-electron chi connectivity index (χ3n) is 2.89. The number of hydrogen-bond acceptors (Lipinski definition) is 3. The minimum absolute atomic E-state index is 0.632. The van der Waals surface area contributed by atoms with Crippen LogP contribution in [0, 0.1) is 0 Å². The molecule has 1 heterocycles. The average Bonchev–Trinajstić information content (AvgIpc) is 2.86. The average molecular weight is 241 g/mol. The highest BCUT2D eigenvalue weighted by Crippen LogP contribution is 2.33. The van der Waals surface area contributed by atoms with Gasteiger partial charge in [0.2, 0.25) is 0 Å². The van der Waals surface area contributed by atoms with Crippen LogP contribution in [-0.2, 0) is 5.75 Å². The van der Waals surface area contributed by atoms with Crippen molar-refractivity contribution in [2.45, 2.75) is 56.5 Å². The van der Waals surface area contributed by atoms with Crippen LogP contribution in [0.1, 0.15) is 55.3 Å². The number of rotatable bonds is 4. The van der Waals surface area contributed by atoms with Gasteiger partial charge in [-0.25, -0.2) is 4.98 Å². The predicted molar refractivity (Wildman–Crippen MR) is 69.8 cm³/mol. The quantitative estimate of drug-likeness (QED) is 0.773. The van der Waals surface area contributed by atoms with E-state index in [1.165, 1.54) is 35.6 Å². The van der Waals surface area contributed by atoms with Gasteiger partial charge in [-0.1, -0.05) is 26.7 Å². The molecule has 3 heteroatoms. The number of thiazole rings is 1. The lowest BCUT2D eigenvalue weighted by atomic mass is 10.2. The Balaban J connectivity index is 1.82. The van der Waals surface area contributed by atoms with Crippen molar-refractivity contribution < 1.29 is 0 Å². The van der Waals surface area contributed by atoms with Crippen LogP contribution in [0.15, 0.2) is 6.20 Å². The van der Waals surface area contributed by atoms with Gasteiger partial charge in [-0.05, 0) is 18.8 Å². The first-order valence-electron chi connectivity index (χ1n) is 5.82. The Kier molecular flexibility index (Phi) is 4.09. The van der Waals surface area contributed by atoms with Gasteiger partial charge in [-0.2, -0.15) is 11.8 Å².